The zero-order chi connectivity index (χ0) is 14.4. The van der Waals surface area contributed by atoms with Crippen molar-refractivity contribution in [3.8, 4) is 0 Å². The molecule has 3 nitrogen and oxygen atoms in total. The molecule has 0 aliphatic heterocycles. The van der Waals surface area contributed by atoms with Crippen molar-refractivity contribution in [3.63, 3.8) is 0 Å². The summed E-state index contributed by atoms with van der Waals surface area (Å²) in [6.07, 6.45) is 0. The van der Waals surface area contributed by atoms with E-state index in [4.69, 9.17) is 0 Å². The number of carbonyl (C=O) groups excluding carboxylic acids is 1. The summed E-state index contributed by atoms with van der Waals surface area (Å²) in [6, 6.07) is 8.47. The number of hydrogen-bond acceptors (Lipinski definition) is 2. The fraction of sp³-hybridized carbons (Fsp3) is 0.562. The number of quaternary nitrogens is 1. The van der Waals surface area contributed by atoms with E-state index in [1.54, 1.807) is 0 Å². The summed E-state index contributed by atoms with van der Waals surface area (Å²) in [5, 5.41) is 10.8. The molecule has 0 heterocycles. The van der Waals surface area contributed by atoms with Crippen LogP contribution in [0.4, 0.5) is 0 Å². The Hall–Kier alpha value is -1.35. The average molecular weight is 263 g/mol. The molecule has 0 radical (unpaired) electrons. The van der Waals surface area contributed by atoms with Crippen molar-refractivity contribution in [3.05, 3.63) is 35.4 Å². The van der Waals surface area contributed by atoms with Gasteiger partial charge in [-0.25, -0.2) is 0 Å². The van der Waals surface area contributed by atoms with Gasteiger partial charge in [-0.1, -0.05) is 52.0 Å². The molecule has 1 unspecified atom stereocenters. The van der Waals surface area contributed by atoms with Crippen molar-refractivity contribution >= 4 is 5.97 Å². The Balaban J connectivity index is 2.69. The fourth-order valence-corrected chi connectivity index (χ4v) is 2.30. The van der Waals surface area contributed by atoms with E-state index in [-0.39, 0.29) is 6.54 Å². The van der Waals surface area contributed by atoms with Gasteiger partial charge in [-0.05, 0) is 11.5 Å². The molecule has 0 saturated carbocycles. The van der Waals surface area contributed by atoms with Crippen molar-refractivity contribution in [2.24, 2.45) is 5.92 Å². The van der Waals surface area contributed by atoms with Gasteiger partial charge < -0.3 is 14.8 Å². The third-order valence-electron chi connectivity index (χ3n) is 3.19. The Morgan fingerprint density at radius 2 is 1.74 bits per heavy atom. The van der Waals surface area contributed by atoms with Crippen LogP contribution in [-0.2, 0) is 11.3 Å². The number of carboxylic acid groups (broad SMARTS) is 1. The van der Waals surface area contributed by atoms with Gasteiger partial charge in [-0.2, -0.15) is 0 Å². The molecule has 1 rings (SSSR count). The third kappa shape index (κ3) is 5.88. The molecule has 0 aliphatic carbocycles. The van der Waals surface area contributed by atoms with Crippen LogP contribution in [0, 0.1) is 5.92 Å². The first-order chi connectivity index (χ1) is 8.88. The minimum absolute atomic E-state index is 0.0735. The molecule has 0 amide bonds. The molecule has 19 heavy (non-hydrogen) atoms. The molecule has 1 aromatic carbocycles. The zero-order valence-electron chi connectivity index (χ0n) is 12.4. The maximum atomic E-state index is 10.8. The molecule has 1 atom stereocenters. The van der Waals surface area contributed by atoms with Crippen LogP contribution in [0.25, 0.3) is 0 Å². The van der Waals surface area contributed by atoms with Crippen molar-refractivity contribution in [1.29, 1.82) is 0 Å². The molecule has 1 N–H and O–H groups in total. The summed E-state index contributed by atoms with van der Waals surface area (Å²) >= 11 is 0. The lowest BCUT2D eigenvalue weighted by Crippen LogP contribution is -3.12. The molecule has 0 spiro atoms. The smallest absolute Gasteiger partial charge is 0.118 e. The Morgan fingerprint density at radius 1 is 1.16 bits per heavy atom. The van der Waals surface area contributed by atoms with E-state index in [9.17, 15) is 9.90 Å². The van der Waals surface area contributed by atoms with E-state index in [2.05, 4.69) is 52.0 Å². The second-order valence-electron chi connectivity index (χ2n) is 5.97. The minimum atomic E-state index is -0.977. The van der Waals surface area contributed by atoms with E-state index in [0.29, 0.717) is 11.8 Å². The summed E-state index contributed by atoms with van der Waals surface area (Å²) < 4.78 is 0. The molecule has 0 aliphatic rings. The molecular formula is C16H25NO2. The molecule has 3 heteroatoms. The van der Waals surface area contributed by atoms with E-state index in [1.165, 1.54) is 11.1 Å². The standard InChI is InChI=1S/C16H25NO2/c1-12(2)9-17(11-16(18)19)10-14-5-7-15(8-6-14)13(3)4/h5-8,12-13H,9-11H2,1-4H3,(H,18,19). The Bertz CT molecular complexity index is 396. The molecule has 106 valence electrons. The summed E-state index contributed by atoms with van der Waals surface area (Å²) in [4.78, 5) is 11.8. The Labute approximate surface area is 116 Å². The quantitative estimate of drug-likeness (QED) is 0.783. The highest BCUT2D eigenvalue weighted by atomic mass is 16.4. The first kappa shape index (κ1) is 15.7. The van der Waals surface area contributed by atoms with Crippen molar-refractivity contribution in [1.82, 2.24) is 0 Å². The topological polar surface area (TPSA) is 44.6 Å². The normalized spacial score (nSPS) is 12.9. The molecule has 0 fully saturated rings. The maximum absolute atomic E-state index is 10.8. The Kier molecular flexibility index (Phi) is 6.03. The van der Waals surface area contributed by atoms with E-state index >= 15 is 0 Å². The van der Waals surface area contributed by atoms with Crippen molar-refractivity contribution in [2.75, 3.05) is 13.1 Å². The van der Waals surface area contributed by atoms with Gasteiger partial charge in [0.15, 0.2) is 0 Å². The van der Waals surface area contributed by atoms with Crippen LogP contribution in [0.15, 0.2) is 24.3 Å². The summed E-state index contributed by atoms with van der Waals surface area (Å²) in [5.41, 5.74) is 2.50. The summed E-state index contributed by atoms with van der Waals surface area (Å²) in [5.74, 6) is 0.0233. The number of carbonyl (C=O) groups is 1. The molecule has 0 saturated heterocycles. The van der Waals surface area contributed by atoms with Crippen molar-refractivity contribution < 1.29 is 14.8 Å². The predicted molar refractivity (Wildman–Crippen MR) is 74.8 cm³/mol. The predicted octanol–water partition coefficient (Wildman–Crippen LogP) is 0.601. The number of hydrogen-bond donors (Lipinski definition) is 1. The highest BCUT2D eigenvalue weighted by Gasteiger charge is 2.12. The number of benzene rings is 1. The first-order valence-electron chi connectivity index (χ1n) is 7.00. The zero-order valence-corrected chi connectivity index (χ0v) is 12.4. The van der Waals surface area contributed by atoms with Crippen LogP contribution in [-0.4, -0.2) is 19.1 Å². The van der Waals surface area contributed by atoms with Gasteiger partial charge in [-0.15, -0.1) is 0 Å². The fourth-order valence-electron chi connectivity index (χ4n) is 2.30. The van der Waals surface area contributed by atoms with Crippen LogP contribution in [0.1, 0.15) is 44.7 Å². The maximum Gasteiger partial charge on any atom is 0.118 e. The van der Waals surface area contributed by atoms with Crippen LogP contribution < -0.4 is 10.0 Å². The number of carboxylic acids is 1. The second kappa shape index (κ2) is 7.29. The lowest BCUT2D eigenvalue weighted by atomic mass is 10.0. The first-order valence-corrected chi connectivity index (χ1v) is 7.00. The van der Waals surface area contributed by atoms with Gasteiger partial charge in [0.05, 0.1) is 12.5 Å². The SMILES string of the molecule is CC(C)C[NH+](CC(=O)[O-])Cc1ccc(C(C)C)cc1. The number of nitrogens with one attached hydrogen (secondary N) is 1. The largest absolute Gasteiger partial charge is 0.544 e. The van der Waals surface area contributed by atoms with E-state index in [1.807, 2.05) is 0 Å². The average Bonchev–Trinajstić information content (AvgIpc) is 2.27. The molecule has 0 bridgehead atoms. The van der Waals surface area contributed by atoms with Crippen LogP contribution in [0.2, 0.25) is 0 Å². The summed E-state index contributed by atoms with van der Waals surface area (Å²) in [6.45, 7) is 10.2. The van der Waals surface area contributed by atoms with Gasteiger partial charge >= 0.3 is 0 Å². The molecule has 0 aromatic heterocycles. The minimum Gasteiger partial charge on any atom is -0.544 e. The van der Waals surface area contributed by atoms with Crippen LogP contribution in [0.3, 0.4) is 0 Å². The van der Waals surface area contributed by atoms with Gasteiger partial charge in [0.2, 0.25) is 0 Å². The second-order valence-corrected chi connectivity index (χ2v) is 5.97. The molecule has 1 aromatic rings. The van der Waals surface area contributed by atoms with Crippen molar-refractivity contribution in [2.45, 2.75) is 40.2 Å². The number of rotatable bonds is 7. The van der Waals surface area contributed by atoms with Gasteiger partial charge in [0, 0.05) is 11.5 Å². The highest BCUT2D eigenvalue weighted by Crippen LogP contribution is 2.14. The monoisotopic (exact) mass is 263 g/mol. The van der Waals surface area contributed by atoms with Gasteiger partial charge in [0.1, 0.15) is 13.1 Å². The van der Waals surface area contributed by atoms with Crippen LogP contribution >= 0.6 is 0 Å². The van der Waals surface area contributed by atoms with Crippen LogP contribution in [0.5, 0.6) is 0 Å². The van der Waals surface area contributed by atoms with Gasteiger partial charge in [-0.3, -0.25) is 0 Å². The number of aliphatic carboxylic acids is 1. The lowest BCUT2D eigenvalue weighted by molar-refractivity contribution is -0.911. The van der Waals surface area contributed by atoms with E-state index in [0.717, 1.165) is 18.0 Å². The Morgan fingerprint density at radius 3 is 2.16 bits per heavy atom. The highest BCUT2D eigenvalue weighted by molar-refractivity contribution is 5.65. The van der Waals surface area contributed by atoms with Gasteiger partial charge in [0.25, 0.3) is 0 Å². The lowest BCUT2D eigenvalue weighted by Gasteiger charge is -2.22. The third-order valence-corrected chi connectivity index (χ3v) is 3.19. The van der Waals surface area contributed by atoms with E-state index < -0.39 is 5.97 Å². The molecular weight excluding hydrogens is 238 g/mol. The summed E-state index contributed by atoms with van der Waals surface area (Å²) in [7, 11) is 0.